The van der Waals surface area contributed by atoms with Gasteiger partial charge in [-0.25, -0.2) is 13.8 Å². The van der Waals surface area contributed by atoms with E-state index < -0.39 is 59.6 Å². The number of nitrogens with zero attached hydrogens (tertiary/aromatic N) is 2. The van der Waals surface area contributed by atoms with Gasteiger partial charge in [0.1, 0.15) is 19.0 Å². The standard InChI is InChI=1S/C25H23F4N3O5S.C5H12O.C2H6/c26-14-11-15(27)21(29)22(20(14)28)37-12-18(34)16(7-10-33)30-23(35)13-5-8-32(9-6-13)25(36)24-31-17-3-1-2-4-19(17)38-24;1-5(2,3)6-4;1-2/h1-4,10-11,13,16,18,34H,5-9,12H2,(H,30,35);1-4H3;1-2H3. The molecular weight excluding hydrogens is 630 g/mol. The molecule has 3 aromatic rings. The fourth-order valence-electron chi connectivity index (χ4n) is 4.12. The van der Waals surface area contributed by atoms with Gasteiger partial charge >= 0.3 is 0 Å². The number of aldehydes is 1. The number of para-hydroxylation sites is 1. The van der Waals surface area contributed by atoms with Crippen LogP contribution >= 0.6 is 11.3 Å². The Labute approximate surface area is 269 Å². The minimum absolute atomic E-state index is 0.0151. The molecule has 2 aromatic carbocycles. The molecule has 0 bridgehead atoms. The molecule has 46 heavy (non-hydrogen) atoms. The van der Waals surface area contributed by atoms with Gasteiger partial charge in [0.05, 0.1) is 21.9 Å². The van der Waals surface area contributed by atoms with Crippen LogP contribution in [0.4, 0.5) is 17.6 Å². The molecule has 2 amide bonds. The fraction of sp³-hybridized carbons (Fsp3) is 0.500. The van der Waals surface area contributed by atoms with E-state index in [2.05, 4.69) is 10.3 Å². The summed E-state index contributed by atoms with van der Waals surface area (Å²) in [7, 11) is 1.71. The summed E-state index contributed by atoms with van der Waals surface area (Å²) in [6.45, 7) is 9.79. The van der Waals surface area contributed by atoms with E-state index >= 15 is 0 Å². The van der Waals surface area contributed by atoms with Gasteiger partial charge in [-0.1, -0.05) is 26.0 Å². The van der Waals surface area contributed by atoms with E-state index in [1.54, 1.807) is 12.0 Å². The van der Waals surface area contributed by atoms with E-state index in [0.29, 0.717) is 37.2 Å². The molecule has 2 atom stereocenters. The third kappa shape index (κ3) is 10.7. The molecule has 254 valence electrons. The molecule has 9 nitrogen and oxygen atoms in total. The van der Waals surface area contributed by atoms with Crippen molar-refractivity contribution in [1.29, 1.82) is 0 Å². The van der Waals surface area contributed by atoms with Gasteiger partial charge in [-0.3, -0.25) is 9.59 Å². The first-order chi connectivity index (χ1) is 21.7. The molecule has 1 fully saturated rings. The van der Waals surface area contributed by atoms with E-state index in [9.17, 15) is 37.1 Å². The normalized spacial score (nSPS) is 14.7. The number of rotatable bonds is 9. The van der Waals surface area contributed by atoms with Crippen LogP contribution in [0.15, 0.2) is 30.3 Å². The largest absolute Gasteiger partial charge is 0.485 e. The van der Waals surface area contributed by atoms with Crippen LogP contribution in [0.2, 0.25) is 0 Å². The summed E-state index contributed by atoms with van der Waals surface area (Å²) < 4.78 is 64.9. The number of piperidine rings is 1. The number of carbonyl (C=O) groups is 3. The molecule has 2 unspecified atom stereocenters. The quantitative estimate of drug-likeness (QED) is 0.171. The zero-order chi connectivity index (χ0) is 34.6. The number of methoxy groups -OCH3 is 1. The summed E-state index contributed by atoms with van der Waals surface area (Å²) in [5, 5.41) is 13.3. The smallest absolute Gasteiger partial charge is 0.282 e. The predicted molar refractivity (Wildman–Crippen MR) is 167 cm³/mol. The molecule has 1 aliphatic heterocycles. The lowest BCUT2D eigenvalue weighted by Gasteiger charge is -2.32. The number of thiazole rings is 1. The maximum Gasteiger partial charge on any atom is 0.282 e. The first kappa shape index (κ1) is 38.6. The van der Waals surface area contributed by atoms with Crippen molar-refractivity contribution in [2.24, 2.45) is 5.92 Å². The summed E-state index contributed by atoms with van der Waals surface area (Å²) in [5.74, 6) is -9.52. The Morgan fingerprint density at radius 3 is 2.20 bits per heavy atom. The minimum Gasteiger partial charge on any atom is -0.485 e. The van der Waals surface area contributed by atoms with Crippen LogP contribution in [-0.4, -0.2) is 77.6 Å². The predicted octanol–water partition coefficient (Wildman–Crippen LogP) is 5.68. The monoisotopic (exact) mass is 671 g/mol. The minimum atomic E-state index is -1.78. The molecule has 0 saturated carbocycles. The number of nitrogens with one attached hydrogen (secondary N) is 1. The zero-order valence-corrected chi connectivity index (χ0v) is 27.6. The van der Waals surface area contributed by atoms with Crippen molar-refractivity contribution >= 4 is 39.7 Å². The highest BCUT2D eigenvalue weighted by atomic mass is 32.1. The van der Waals surface area contributed by atoms with Crippen molar-refractivity contribution in [2.75, 3.05) is 26.8 Å². The fourth-order valence-corrected chi connectivity index (χ4v) is 5.06. The number of aromatic nitrogens is 1. The third-order valence-corrected chi connectivity index (χ3v) is 7.88. The molecule has 0 spiro atoms. The van der Waals surface area contributed by atoms with E-state index in [-0.39, 0.29) is 24.0 Å². The van der Waals surface area contributed by atoms with E-state index in [4.69, 9.17) is 9.47 Å². The molecule has 14 heteroatoms. The van der Waals surface area contributed by atoms with Crippen molar-refractivity contribution in [3.05, 3.63) is 58.6 Å². The Morgan fingerprint density at radius 1 is 1.11 bits per heavy atom. The van der Waals surface area contributed by atoms with Crippen LogP contribution in [-0.2, 0) is 14.3 Å². The molecule has 4 rings (SSSR count). The summed E-state index contributed by atoms with van der Waals surface area (Å²) in [6.07, 6.45) is -0.914. The Balaban J connectivity index is 0.000000826. The lowest BCUT2D eigenvalue weighted by Crippen LogP contribution is -2.50. The Kier molecular flexibility index (Phi) is 15.0. The van der Waals surface area contributed by atoms with Crippen LogP contribution < -0.4 is 10.1 Å². The Hall–Kier alpha value is -3.62. The second kappa shape index (κ2) is 17.9. The molecular formula is C32H41F4N3O6S. The first-order valence-electron chi connectivity index (χ1n) is 14.8. The van der Waals surface area contributed by atoms with Gasteiger partial charge in [-0.15, -0.1) is 11.3 Å². The molecule has 0 radical (unpaired) electrons. The Morgan fingerprint density at radius 2 is 1.67 bits per heavy atom. The highest BCUT2D eigenvalue weighted by Crippen LogP contribution is 2.27. The van der Waals surface area contributed by atoms with Gasteiger partial charge in [-0.05, 0) is 45.7 Å². The number of carbonyl (C=O) groups excluding carboxylic acids is 3. The number of halogens is 4. The highest BCUT2D eigenvalue weighted by molar-refractivity contribution is 7.20. The summed E-state index contributed by atoms with van der Waals surface area (Å²) >= 11 is 1.29. The van der Waals surface area contributed by atoms with Crippen molar-refractivity contribution in [2.45, 2.75) is 71.6 Å². The number of amides is 2. The van der Waals surface area contributed by atoms with Crippen LogP contribution in [0.3, 0.4) is 0 Å². The number of aliphatic hydroxyl groups excluding tert-OH is 1. The first-order valence-corrected chi connectivity index (χ1v) is 15.6. The second-order valence-electron chi connectivity index (χ2n) is 11.1. The number of benzene rings is 2. The number of ether oxygens (including phenoxy) is 2. The van der Waals surface area contributed by atoms with Crippen LogP contribution in [0.25, 0.3) is 10.2 Å². The van der Waals surface area contributed by atoms with Crippen molar-refractivity contribution in [1.82, 2.24) is 15.2 Å². The number of likely N-dealkylation sites (tertiary alicyclic amines) is 1. The van der Waals surface area contributed by atoms with Crippen molar-refractivity contribution in [3.8, 4) is 5.75 Å². The average Bonchev–Trinajstić information content (AvgIpc) is 3.48. The van der Waals surface area contributed by atoms with E-state index in [1.165, 1.54) is 11.3 Å². The lowest BCUT2D eigenvalue weighted by molar-refractivity contribution is -0.128. The van der Waals surface area contributed by atoms with Gasteiger partial charge in [0.25, 0.3) is 5.91 Å². The molecule has 0 aliphatic carbocycles. The summed E-state index contributed by atoms with van der Waals surface area (Å²) in [5.41, 5.74) is 0.770. The van der Waals surface area contributed by atoms with Gasteiger partial charge in [0, 0.05) is 38.6 Å². The Bertz CT molecular complexity index is 1400. The number of hydrogen-bond donors (Lipinski definition) is 2. The van der Waals surface area contributed by atoms with Crippen molar-refractivity contribution in [3.63, 3.8) is 0 Å². The molecule has 2 N–H and O–H groups in total. The average molecular weight is 672 g/mol. The summed E-state index contributed by atoms with van der Waals surface area (Å²) in [4.78, 5) is 42.7. The number of aliphatic hydroxyl groups is 1. The lowest BCUT2D eigenvalue weighted by atomic mass is 9.95. The van der Waals surface area contributed by atoms with Crippen LogP contribution in [0, 0.1) is 29.2 Å². The SMILES string of the molecule is CC.COC(C)(C)C.O=CCC(NC(=O)C1CCN(C(=O)c2nc3ccccc3s2)CC1)C(O)COc1c(F)c(F)cc(F)c1F. The second-order valence-corrected chi connectivity index (χ2v) is 12.1. The molecule has 2 heterocycles. The zero-order valence-electron chi connectivity index (χ0n) is 26.7. The molecule has 1 aromatic heterocycles. The van der Waals surface area contributed by atoms with Gasteiger partial charge in [0.15, 0.2) is 22.4 Å². The van der Waals surface area contributed by atoms with Gasteiger partial charge < -0.3 is 29.6 Å². The van der Waals surface area contributed by atoms with Crippen LogP contribution in [0.1, 0.15) is 63.7 Å². The third-order valence-electron chi connectivity index (χ3n) is 6.85. The summed E-state index contributed by atoms with van der Waals surface area (Å²) in [6, 6.07) is 6.21. The van der Waals surface area contributed by atoms with Gasteiger partial charge in [0.2, 0.25) is 17.5 Å². The molecule has 1 saturated heterocycles. The van der Waals surface area contributed by atoms with Crippen molar-refractivity contribution < 1.29 is 46.5 Å². The highest BCUT2D eigenvalue weighted by Gasteiger charge is 2.32. The molecule has 1 aliphatic rings. The van der Waals surface area contributed by atoms with E-state index in [1.807, 2.05) is 58.9 Å². The number of fused-ring (bicyclic) bond motifs is 1. The topological polar surface area (TPSA) is 118 Å². The van der Waals surface area contributed by atoms with Gasteiger partial charge in [-0.2, -0.15) is 8.78 Å². The maximum atomic E-state index is 13.8. The maximum absolute atomic E-state index is 13.8. The van der Waals surface area contributed by atoms with Crippen LogP contribution in [0.5, 0.6) is 5.75 Å². The number of hydrogen-bond acceptors (Lipinski definition) is 8. The van der Waals surface area contributed by atoms with E-state index in [0.717, 1.165) is 10.2 Å².